The molecule has 1 aromatic carbocycles. The van der Waals surface area contributed by atoms with Gasteiger partial charge in [0.2, 0.25) is 5.91 Å². The molecule has 2 N–H and O–H groups in total. The summed E-state index contributed by atoms with van der Waals surface area (Å²) >= 11 is 11.8. The van der Waals surface area contributed by atoms with Crippen molar-refractivity contribution < 1.29 is 4.79 Å². The van der Waals surface area contributed by atoms with Crippen LogP contribution in [-0.2, 0) is 11.3 Å². The molecule has 0 fully saturated rings. The molecular formula is C12H16Cl2N2O. The van der Waals surface area contributed by atoms with Gasteiger partial charge in [0.05, 0.1) is 6.04 Å². The molecule has 0 radical (unpaired) electrons. The van der Waals surface area contributed by atoms with E-state index in [1.807, 2.05) is 6.92 Å². The molecular weight excluding hydrogens is 259 g/mol. The molecule has 5 heteroatoms. The van der Waals surface area contributed by atoms with Crippen molar-refractivity contribution >= 4 is 29.1 Å². The SMILES string of the molecule is CC[C@H](N)C(=O)N(C)Cc1cc(Cl)cc(Cl)c1. The molecule has 0 aromatic heterocycles. The van der Waals surface area contributed by atoms with E-state index in [0.717, 1.165) is 5.56 Å². The standard InChI is InChI=1S/C12H16Cl2N2O/c1-3-11(15)12(17)16(2)7-8-4-9(13)6-10(14)5-8/h4-6,11H,3,7,15H2,1-2H3/t11-/m0/s1. The van der Waals surface area contributed by atoms with E-state index in [0.29, 0.717) is 23.0 Å². The van der Waals surface area contributed by atoms with E-state index < -0.39 is 6.04 Å². The average molecular weight is 275 g/mol. The molecule has 0 unspecified atom stereocenters. The van der Waals surface area contributed by atoms with Crippen LogP contribution in [-0.4, -0.2) is 23.9 Å². The molecule has 0 spiro atoms. The van der Waals surface area contributed by atoms with Crippen LogP contribution in [0.1, 0.15) is 18.9 Å². The lowest BCUT2D eigenvalue weighted by Gasteiger charge is -2.20. The molecule has 1 aromatic rings. The van der Waals surface area contributed by atoms with E-state index in [9.17, 15) is 4.79 Å². The van der Waals surface area contributed by atoms with Crippen molar-refractivity contribution in [1.29, 1.82) is 0 Å². The maximum absolute atomic E-state index is 11.8. The third kappa shape index (κ3) is 4.19. The lowest BCUT2D eigenvalue weighted by atomic mass is 10.2. The zero-order valence-electron chi connectivity index (χ0n) is 9.91. The van der Waals surface area contributed by atoms with Crippen molar-refractivity contribution in [3.63, 3.8) is 0 Å². The van der Waals surface area contributed by atoms with Crippen molar-refractivity contribution in [3.8, 4) is 0 Å². The molecule has 0 heterocycles. The summed E-state index contributed by atoms with van der Waals surface area (Å²) in [5, 5.41) is 1.13. The van der Waals surface area contributed by atoms with Crippen LogP contribution in [0.2, 0.25) is 10.0 Å². The van der Waals surface area contributed by atoms with Crippen molar-refractivity contribution in [2.75, 3.05) is 7.05 Å². The Morgan fingerprint density at radius 2 is 1.88 bits per heavy atom. The summed E-state index contributed by atoms with van der Waals surface area (Å²) < 4.78 is 0. The lowest BCUT2D eigenvalue weighted by molar-refractivity contribution is -0.131. The molecule has 0 aliphatic carbocycles. The average Bonchev–Trinajstić information content (AvgIpc) is 2.25. The summed E-state index contributed by atoms with van der Waals surface area (Å²) in [6.45, 7) is 2.33. The monoisotopic (exact) mass is 274 g/mol. The number of hydrogen-bond donors (Lipinski definition) is 1. The van der Waals surface area contributed by atoms with Gasteiger partial charge in [0.25, 0.3) is 0 Å². The molecule has 0 saturated heterocycles. The van der Waals surface area contributed by atoms with Crippen LogP contribution in [0.3, 0.4) is 0 Å². The highest BCUT2D eigenvalue weighted by Crippen LogP contribution is 2.20. The summed E-state index contributed by atoms with van der Waals surface area (Å²) in [7, 11) is 1.71. The molecule has 0 aliphatic heterocycles. The molecule has 1 amide bonds. The van der Waals surface area contributed by atoms with Crippen LogP contribution in [0.25, 0.3) is 0 Å². The van der Waals surface area contributed by atoms with Crippen molar-refractivity contribution in [3.05, 3.63) is 33.8 Å². The lowest BCUT2D eigenvalue weighted by Crippen LogP contribution is -2.40. The summed E-state index contributed by atoms with van der Waals surface area (Å²) in [6, 6.07) is 4.78. The number of carbonyl (C=O) groups excluding carboxylic acids is 1. The van der Waals surface area contributed by atoms with E-state index in [2.05, 4.69) is 0 Å². The quantitative estimate of drug-likeness (QED) is 0.918. The zero-order chi connectivity index (χ0) is 13.0. The van der Waals surface area contributed by atoms with Gasteiger partial charge in [-0.15, -0.1) is 0 Å². The van der Waals surface area contributed by atoms with Gasteiger partial charge < -0.3 is 10.6 Å². The summed E-state index contributed by atoms with van der Waals surface area (Å²) in [6.07, 6.45) is 0.624. The van der Waals surface area contributed by atoms with Crippen molar-refractivity contribution in [2.24, 2.45) is 5.73 Å². The highest BCUT2D eigenvalue weighted by atomic mass is 35.5. The minimum Gasteiger partial charge on any atom is -0.340 e. The zero-order valence-corrected chi connectivity index (χ0v) is 11.4. The van der Waals surface area contributed by atoms with E-state index in [4.69, 9.17) is 28.9 Å². The van der Waals surface area contributed by atoms with E-state index in [1.165, 1.54) is 0 Å². The second kappa shape index (κ2) is 6.24. The van der Waals surface area contributed by atoms with Crippen molar-refractivity contribution in [2.45, 2.75) is 25.9 Å². The van der Waals surface area contributed by atoms with Crippen LogP contribution in [0.4, 0.5) is 0 Å². The number of benzene rings is 1. The molecule has 17 heavy (non-hydrogen) atoms. The smallest absolute Gasteiger partial charge is 0.239 e. The first kappa shape index (κ1) is 14.3. The normalized spacial score (nSPS) is 12.3. The number of nitrogens with zero attached hydrogens (tertiary/aromatic N) is 1. The molecule has 1 atom stereocenters. The largest absolute Gasteiger partial charge is 0.340 e. The van der Waals surface area contributed by atoms with E-state index in [1.54, 1.807) is 30.1 Å². The van der Waals surface area contributed by atoms with Crippen LogP contribution in [0.5, 0.6) is 0 Å². The Morgan fingerprint density at radius 3 is 2.35 bits per heavy atom. The minimum absolute atomic E-state index is 0.0800. The summed E-state index contributed by atoms with van der Waals surface area (Å²) in [4.78, 5) is 13.4. The Hall–Kier alpha value is -0.770. The van der Waals surface area contributed by atoms with Crippen LogP contribution in [0, 0.1) is 0 Å². The first-order valence-electron chi connectivity index (χ1n) is 5.39. The first-order valence-corrected chi connectivity index (χ1v) is 6.15. The van der Waals surface area contributed by atoms with Gasteiger partial charge >= 0.3 is 0 Å². The Bertz CT molecular complexity index is 389. The third-order valence-electron chi connectivity index (χ3n) is 2.48. The number of nitrogens with two attached hydrogens (primary N) is 1. The maximum Gasteiger partial charge on any atom is 0.239 e. The number of rotatable bonds is 4. The third-order valence-corrected chi connectivity index (χ3v) is 2.91. The van der Waals surface area contributed by atoms with Crippen LogP contribution in [0.15, 0.2) is 18.2 Å². The maximum atomic E-state index is 11.8. The van der Waals surface area contributed by atoms with E-state index in [-0.39, 0.29) is 5.91 Å². The number of carbonyl (C=O) groups is 1. The number of halogens is 2. The molecule has 0 bridgehead atoms. The fourth-order valence-corrected chi connectivity index (χ4v) is 2.08. The summed E-state index contributed by atoms with van der Waals surface area (Å²) in [5.41, 5.74) is 6.58. The Labute approximate surface area is 111 Å². The fraction of sp³-hybridized carbons (Fsp3) is 0.417. The second-order valence-corrected chi connectivity index (χ2v) is 4.86. The second-order valence-electron chi connectivity index (χ2n) is 3.99. The molecule has 94 valence electrons. The van der Waals surface area contributed by atoms with Gasteiger partial charge in [-0.2, -0.15) is 0 Å². The van der Waals surface area contributed by atoms with Gasteiger partial charge in [-0.1, -0.05) is 30.1 Å². The topological polar surface area (TPSA) is 46.3 Å². The molecule has 3 nitrogen and oxygen atoms in total. The molecule has 0 saturated carbocycles. The van der Waals surface area contributed by atoms with E-state index >= 15 is 0 Å². The van der Waals surface area contributed by atoms with Gasteiger partial charge in [0, 0.05) is 23.6 Å². The molecule has 0 aliphatic rings. The number of hydrogen-bond acceptors (Lipinski definition) is 2. The fourth-order valence-electron chi connectivity index (χ4n) is 1.51. The van der Waals surface area contributed by atoms with Gasteiger partial charge in [-0.05, 0) is 30.2 Å². The van der Waals surface area contributed by atoms with Gasteiger partial charge in [-0.3, -0.25) is 4.79 Å². The Balaban J connectivity index is 2.74. The molecule has 1 rings (SSSR count). The van der Waals surface area contributed by atoms with Gasteiger partial charge in [0.1, 0.15) is 0 Å². The predicted octanol–water partition coefficient (Wildman–Crippen LogP) is 2.69. The predicted molar refractivity (Wildman–Crippen MR) is 71.2 cm³/mol. The highest BCUT2D eigenvalue weighted by Gasteiger charge is 2.16. The Kier molecular flexibility index (Phi) is 5.25. The van der Waals surface area contributed by atoms with Gasteiger partial charge in [-0.25, -0.2) is 0 Å². The Morgan fingerprint density at radius 1 is 1.35 bits per heavy atom. The first-order chi connectivity index (χ1) is 7.93. The number of likely N-dealkylation sites (N-methyl/N-ethyl adjacent to an activating group) is 1. The highest BCUT2D eigenvalue weighted by molar-refractivity contribution is 6.34. The van der Waals surface area contributed by atoms with Crippen LogP contribution >= 0.6 is 23.2 Å². The number of amides is 1. The summed E-state index contributed by atoms with van der Waals surface area (Å²) in [5.74, 6) is -0.0800. The minimum atomic E-state index is -0.449. The van der Waals surface area contributed by atoms with Crippen molar-refractivity contribution in [1.82, 2.24) is 4.90 Å². The van der Waals surface area contributed by atoms with Gasteiger partial charge in [0.15, 0.2) is 0 Å². The van der Waals surface area contributed by atoms with Crippen LogP contribution < -0.4 is 5.73 Å².